The molecule has 9 nitrogen and oxygen atoms in total. The molecule has 4 N–H and O–H groups in total. The van der Waals surface area contributed by atoms with Gasteiger partial charge in [-0.1, -0.05) is 23.7 Å². The summed E-state index contributed by atoms with van der Waals surface area (Å²) < 4.78 is 4.99. The summed E-state index contributed by atoms with van der Waals surface area (Å²) in [6, 6.07) is 17.2. The quantitative estimate of drug-likeness (QED) is 0.251. The summed E-state index contributed by atoms with van der Waals surface area (Å²) in [5.74, 6) is -2.34. The smallest absolute Gasteiger partial charge is 0.329 e. The Morgan fingerprint density at radius 3 is 2.42 bits per heavy atom. The number of aromatic hydroxyl groups is 1. The molecule has 0 aliphatic heterocycles. The number of para-hydroxylation sites is 1. The molecule has 0 saturated carbocycles. The number of phenols is 1. The monoisotopic (exact) mass is 466 g/mol. The minimum atomic E-state index is -1.04. The lowest BCUT2D eigenvalue weighted by Gasteiger charge is -2.11. The number of carbonyl (C=O) groups is 3. The van der Waals surface area contributed by atoms with Crippen LogP contribution in [0.15, 0.2) is 71.8 Å². The number of anilines is 2. The van der Waals surface area contributed by atoms with Gasteiger partial charge in [0, 0.05) is 10.7 Å². The number of amides is 3. The number of hydrazone groups is 1. The summed E-state index contributed by atoms with van der Waals surface area (Å²) in [5.41, 5.74) is 3.45. The standard InChI is InChI=1S/C23H19ClN4O5/c1-33-20-12-14(6-11-19(20)29)13-25-28-23(32)22(31)27-18-5-3-2-4-17(18)21(30)26-16-9-7-15(24)8-10-16/h2-13,29H,1H3,(H,26,30)(H,27,31)(H,28,32). The molecule has 0 heterocycles. The minimum absolute atomic E-state index is 0.0446. The number of carbonyl (C=O) groups excluding carboxylic acids is 3. The van der Waals surface area contributed by atoms with Gasteiger partial charge in [0.15, 0.2) is 11.5 Å². The number of methoxy groups -OCH3 is 1. The number of hydrogen-bond acceptors (Lipinski definition) is 6. The zero-order valence-corrected chi connectivity index (χ0v) is 18.1. The highest BCUT2D eigenvalue weighted by atomic mass is 35.5. The molecule has 0 unspecified atom stereocenters. The second-order valence-electron chi connectivity index (χ2n) is 6.59. The van der Waals surface area contributed by atoms with Crippen LogP contribution >= 0.6 is 11.6 Å². The minimum Gasteiger partial charge on any atom is -0.504 e. The third kappa shape index (κ3) is 6.31. The van der Waals surface area contributed by atoms with E-state index in [-0.39, 0.29) is 22.7 Å². The Balaban J connectivity index is 1.63. The number of rotatable bonds is 6. The van der Waals surface area contributed by atoms with E-state index in [1.54, 1.807) is 42.5 Å². The Bertz CT molecular complexity index is 1210. The lowest BCUT2D eigenvalue weighted by atomic mass is 10.1. The summed E-state index contributed by atoms with van der Waals surface area (Å²) in [5, 5.41) is 18.9. The van der Waals surface area contributed by atoms with Gasteiger partial charge in [-0.2, -0.15) is 5.10 Å². The van der Waals surface area contributed by atoms with E-state index in [4.69, 9.17) is 16.3 Å². The maximum absolute atomic E-state index is 12.6. The third-order valence-electron chi connectivity index (χ3n) is 4.31. The van der Waals surface area contributed by atoms with Gasteiger partial charge in [0.1, 0.15) is 0 Å². The highest BCUT2D eigenvalue weighted by Gasteiger charge is 2.17. The number of benzene rings is 3. The molecule has 3 amide bonds. The molecule has 33 heavy (non-hydrogen) atoms. The van der Waals surface area contributed by atoms with Crippen molar-refractivity contribution >= 4 is 46.9 Å². The Morgan fingerprint density at radius 2 is 1.70 bits per heavy atom. The summed E-state index contributed by atoms with van der Waals surface area (Å²) in [6.45, 7) is 0. The Labute approximate surface area is 194 Å². The number of ether oxygens (including phenoxy) is 1. The first-order valence-corrected chi connectivity index (χ1v) is 9.92. The average Bonchev–Trinajstić information content (AvgIpc) is 2.81. The first-order valence-electron chi connectivity index (χ1n) is 9.54. The van der Waals surface area contributed by atoms with Crippen LogP contribution in [0.25, 0.3) is 0 Å². The van der Waals surface area contributed by atoms with Gasteiger partial charge in [-0.15, -0.1) is 0 Å². The first kappa shape index (κ1) is 23.3. The van der Waals surface area contributed by atoms with Crippen molar-refractivity contribution in [3.63, 3.8) is 0 Å². The van der Waals surface area contributed by atoms with E-state index in [1.807, 2.05) is 0 Å². The van der Waals surface area contributed by atoms with Gasteiger partial charge in [0.2, 0.25) is 0 Å². The Hall–Kier alpha value is -4.37. The molecule has 0 spiro atoms. The summed E-state index contributed by atoms with van der Waals surface area (Å²) in [7, 11) is 1.40. The van der Waals surface area contributed by atoms with Crippen LogP contribution in [-0.2, 0) is 9.59 Å². The molecule has 0 atom stereocenters. The van der Waals surface area contributed by atoms with Crippen LogP contribution in [0, 0.1) is 0 Å². The van der Waals surface area contributed by atoms with Crippen LogP contribution in [0.2, 0.25) is 5.02 Å². The van der Waals surface area contributed by atoms with E-state index in [0.717, 1.165) is 0 Å². The second kappa shape index (κ2) is 10.8. The summed E-state index contributed by atoms with van der Waals surface area (Å²) >= 11 is 5.84. The molecule has 0 bridgehead atoms. The average molecular weight is 467 g/mol. The second-order valence-corrected chi connectivity index (χ2v) is 7.03. The topological polar surface area (TPSA) is 129 Å². The maximum Gasteiger partial charge on any atom is 0.329 e. The largest absolute Gasteiger partial charge is 0.504 e. The highest BCUT2D eigenvalue weighted by Crippen LogP contribution is 2.25. The highest BCUT2D eigenvalue weighted by molar-refractivity contribution is 6.40. The number of nitrogens with one attached hydrogen (secondary N) is 3. The van der Waals surface area contributed by atoms with Crippen molar-refractivity contribution in [2.45, 2.75) is 0 Å². The van der Waals surface area contributed by atoms with Gasteiger partial charge in [0.05, 0.1) is 24.6 Å². The fraction of sp³-hybridized carbons (Fsp3) is 0.0435. The van der Waals surface area contributed by atoms with Gasteiger partial charge in [-0.25, -0.2) is 5.43 Å². The Kier molecular flexibility index (Phi) is 7.61. The molecule has 0 fully saturated rings. The SMILES string of the molecule is COc1cc(C=NNC(=O)C(=O)Nc2ccccc2C(=O)Nc2ccc(Cl)cc2)ccc1O. The zero-order chi connectivity index (χ0) is 23.8. The molecule has 0 radical (unpaired) electrons. The molecule has 0 aliphatic rings. The molecule has 0 saturated heterocycles. The van der Waals surface area contributed by atoms with E-state index >= 15 is 0 Å². The molecule has 3 aromatic rings. The van der Waals surface area contributed by atoms with Crippen LogP contribution in [-0.4, -0.2) is 36.2 Å². The third-order valence-corrected chi connectivity index (χ3v) is 4.56. The number of hydrogen-bond donors (Lipinski definition) is 4. The molecule has 3 aromatic carbocycles. The number of halogens is 1. The van der Waals surface area contributed by atoms with Gasteiger partial charge in [-0.3, -0.25) is 14.4 Å². The van der Waals surface area contributed by atoms with Gasteiger partial charge >= 0.3 is 11.8 Å². The van der Waals surface area contributed by atoms with Crippen LogP contribution in [0.3, 0.4) is 0 Å². The molecular weight excluding hydrogens is 448 g/mol. The van der Waals surface area contributed by atoms with Crippen molar-refractivity contribution in [3.05, 3.63) is 82.9 Å². The lowest BCUT2D eigenvalue weighted by molar-refractivity contribution is -0.136. The molecule has 3 rings (SSSR count). The predicted octanol–water partition coefficient (Wildman–Crippen LogP) is 3.40. The van der Waals surface area contributed by atoms with E-state index in [0.29, 0.717) is 16.3 Å². The molecule has 0 aromatic heterocycles. The van der Waals surface area contributed by atoms with E-state index in [2.05, 4.69) is 21.2 Å². The summed E-state index contributed by atoms with van der Waals surface area (Å²) in [4.78, 5) is 37.0. The van der Waals surface area contributed by atoms with E-state index in [9.17, 15) is 19.5 Å². The van der Waals surface area contributed by atoms with Crippen molar-refractivity contribution in [2.24, 2.45) is 5.10 Å². The van der Waals surface area contributed by atoms with Gasteiger partial charge < -0.3 is 20.5 Å². The van der Waals surface area contributed by atoms with Crippen molar-refractivity contribution in [3.8, 4) is 11.5 Å². The van der Waals surface area contributed by atoms with Crippen LogP contribution in [0.4, 0.5) is 11.4 Å². The molecule has 168 valence electrons. The fourth-order valence-corrected chi connectivity index (χ4v) is 2.82. The van der Waals surface area contributed by atoms with Gasteiger partial charge in [0.25, 0.3) is 5.91 Å². The fourth-order valence-electron chi connectivity index (χ4n) is 2.69. The van der Waals surface area contributed by atoms with Crippen molar-refractivity contribution < 1.29 is 24.2 Å². The molecular formula is C23H19ClN4O5. The molecule has 10 heteroatoms. The number of phenolic OH excluding ortho intramolecular Hbond substituents is 1. The zero-order valence-electron chi connectivity index (χ0n) is 17.3. The lowest BCUT2D eigenvalue weighted by Crippen LogP contribution is -2.33. The van der Waals surface area contributed by atoms with Crippen molar-refractivity contribution in [2.75, 3.05) is 17.7 Å². The normalized spacial score (nSPS) is 10.5. The van der Waals surface area contributed by atoms with E-state index < -0.39 is 17.7 Å². The predicted molar refractivity (Wildman–Crippen MR) is 125 cm³/mol. The first-order chi connectivity index (χ1) is 15.9. The van der Waals surface area contributed by atoms with Gasteiger partial charge in [-0.05, 0) is 60.2 Å². The summed E-state index contributed by atoms with van der Waals surface area (Å²) in [6.07, 6.45) is 1.28. The van der Waals surface area contributed by atoms with Crippen LogP contribution in [0.1, 0.15) is 15.9 Å². The van der Waals surface area contributed by atoms with Crippen LogP contribution in [0.5, 0.6) is 11.5 Å². The van der Waals surface area contributed by atoms with Crippen LogP contribution < -0.4 is 20.8 Å². The van der Waals surface area contributed by atoms with Crippen molar-refractivity contribution in [1.29, 1.82) is 0 Å². The molecule has 0 aliphatic carbocycles. The van der Waals surface area contributed by atoms with E-state index in [1.165, 1.54) is 37.6 Å². The number of nitrogens with zero attached hydrogens (tertiary/aromatic N) is 1. The van der Waals surface area contributed by atoms with Crippen molar-refractivity contribution in [1.82, 2.24) is 5.43 Å². The maximum atomic E-state index is 12.6. The Morgan fingerprint density at radius 1 is 0.970 bits per heavy atom.